The molecule has 1 saturated heterocycles. The predicted molar refractivity (Wildman–Crippen MR) is 89.1 cm³/mol. The Morgan fingerprint density at radius 1 is 1.33 bits per heavy atom. The van der Waals surface area contributed by atoms with Crippen LogP contribution >= 0.6 is 0 Å². The molecule has 0 spiro atoms. The van der Waals surface area contributed by atoms with Gasteiger partial charge in [-0.2, -0.15) is 13.2 Å². The zero-order valence-electron chi connectivity index (χ0n) is 14.5. The van der Waals surface area contributed by atoms with Crippen LogP contribution in [0.3, 0.4) is 0 Å². The molecule has 1 heterocycles. The van der Waals surface area contributed by atoms with Crippen molar-refractivity contribution >= 4 is 12.0 Å². The Balaban J connectivity index is 2.12. The lowest BCUT2D eigenvalue weighted by Gasteiger charge is -2.38. The van der Waals surface area contributed by atoms with E-state index in [1.54, 1.807) is 18.5 Å². The molecule has 1 aromatic rings. The third-order valence-corrected chi connectivity index (χ3v) is 4.18. The van der Waals surface area contributed by atoms with Gasteiger partial charge in [0.25, 0.3) is 0 Å². The van der Waals surface area contributed by atoms with Gasteiger partial charge in [0.2, 0.25) is 0 Å². The summed E-state index contributed by atoms with van der Waals surface area (Å²) in [5.74, 6) is 0.596. The molecule has 0 bridgehead atoms. The second-order valence-corrected chi connectivity index (χ2v) is 6.41. The third kappa shape index (κ3) is 4.63. The second kappa shape index (κ2) is 7.42. The van der Waals surface area contributed by atoms with Gasteiger partial charge in [0.05, 0.1) is 12.0 Å². The lowest BCUT2D eigenvalue weighted by Crippen LogP contribution is -2.51. The Bertz CT molecular complexity index is 587. The van der Waals surface area contributed by atoms with Crippen LogP contribution in [0.4, 0.5) is 18.9 Å². The van der Waals surface area contributed by atoms with E-state index in [0.29, 0.717) is 18.7 Å². The number of piperidine rings is 1. The summed E-state index contributed by atoms with van der Waals surface area (Å²) in [6.45, 7) is 2.24. The summed E-state index contributed by atoms with van der Waals surface area (Å²) in [5.41, 5.74) is 1.58. The number of nitrogens with zero attached hydrogens (tertiary/aromatic N) is 3. The van der Waals surface area contributed by atoms with Crippen LogP contribution < -0.4 is 4.74 Å². The zero-order chi connectivity index (χ0) is 17.9. The van der Waals surface area contributed by atoms with Gasteiger partial charge in [0.1, 0.15) is 17.9 Å². The third-order valence-electron chi connectivity index (χ3n) is 4.18. The number of likely N-dealkylation sites (tertiary alicyclic amines) is 1. The molecular formula is C17H24F3N3O. The molecule has 1 aliphatic heterocycles. The van der Waals surface area contributed by atoms with Crippen molar-refractivity contribution in [2.45, 2.75) is 38.1 Å². The van der Waals surface area contributed by atoms with Crippen LogP contribution in [0.25, 0.3) is 0 Å². The van der Waals surface area contributed by atoms with Crippen molar-refractivity contribution in [3.8, 4) is 5.75 Å². The summed E-state index contributed by atoms with van der Waals surface area (Å²) >= 11 is 0. The Hall–Kier alpha value is -1.76. The highest BCUT2D eigenvalue weighted by Crippen LogP contribution is 2.34. The van der Waals surface area contributed by atoms with E-state index in [9.17, 15) is 13.2 Å². The minimum Gasteiger partial charge on any atom is -0.490 e. The first-order valence-electron chi connectivity index (χ1n) is 7.92. The second-order valence-electron chi connectivity index (χ2n) is 6.41. The quantitative estimate of drug-likeness (QED) is 0.617. The van der Waals surface area contributed by atoms with Crippen molar-refractivity contribution in [2.24, 2.45) is 4.99 Å². The number of ether oxygens (including phenoxy) is 1. The van der Waals surface area contributed by atoms with Gasteiger partial charge in [0, 0.05) is 32.6 Å². The molecule has 0 amide bonds. The molecule has 4 nitrogen and oxygen atoms in total. The van der Waals surface area contributed by atoms with Gasteiger partial charge in [-0.1, -0.05) is 6.07 Å². The molecule has 134 valence electrons. The molecular weight excluding hydrogens is 319 g/mol. The molecule has 0 N–H and O–H groups in total. The average Bonchev–Trinajstić information content (AvgIpc) is 2.48. The predicted octanol–water partition coefficient (Wildman–Crippen LogP) is 3.62. The topological polar surface area (TPSA) is 28.1 Å². The van der Waals surface area contributed by atoms with Crippen molar-refractivity contribution in [2.75, 3.05) is 27.7 Å². The molecule has 7 heteroatoms. The number of aliphatic imine (C=N–C) groups is 1. The number of alkyl halides is 3. The van der Waals surface area contributed by atoms with E-state index in [-0.39, 0.29) is 6.42 Å². The molecule has 0 radical (unpaired) electrons. The molecule has 0 saturated carbocycles. The number of hydrogen-bond donors (Lipinski definition) is 0. The fourth-order valence-electron chi connectivity index (χ4n) is 2.77. The lowest BCUT2D eigenvalue weighted by molar-refractivity contribution is -0.194. The number of benzene rings is 1. The van der Waals surface area contributed by atoms with E-state index >= 15 is 0 Å². The summed E-state index contributed by atoms with van der Waals surface area (Å²) < 4.78 is 45.2. The molecule has 24 heavy (non-hydrogen) atoms. The molecule has 1 aliphatic rings. The first-order valence-corrected chi connectivity index (χ1v) is 7.92. The van der Waals surface area contributed by atoms with E-state index in [1.807, 2.05) is 32.0 Å². The number of halogens is 3. The standard InChI is InChI=1S/C17H24F3N3O/c1-12-14(21-11-22(2)3)6-5-7-15(12)24-13-8-9-23(4)16(10-13)17(18,19)20/h5-7,11,13,16H,8-10H2,1-4H3/t13-,16+/m0/s1. The van der Waals surface area contributed by atoms with Crippen molar-refractivity contribution < 1.29 is 17.9 Å². The highest BCUT2D eigenvalue weighted by molar-refractivity contribution is 5.64. The molecule has 2 rings (SSSR count). The fraction of sp³-hybridized carbons (Fsp3) is 0.588. The Morgan fingerprint density at radius 2 is 2.04 bits per heavy atom. The van der Waals surface area contributed by atoms with Crippen LogP contribution in [0.5, 0.6) is 5.75 Å². The van der Waals surface area contributed by atoms with Crippen LogP contribution in [-0.2, 0) is 0 Å². The highest BCUT2D eigenvalue weighted by atomic mass is 19.4. The van der Waals surface area contributed by atoms with E-state index in [2.05, 4.69) is 4.99 Å². The van der Waals surface area contributed by atoms with Gasteiger partial charge in [-0.15, -0.1) is 0 Å². The summed E-state index contributed by atoms with van der Waals surface area (Å²) in [7, 11) is 5.25. The van der Waals surface area contributed by atoms with E-state index in [4.69, 9.17) is 4.74 Å². The van der Waals surface area contributed by atoms with Crippen LogP contribution in [0.1, 0.15) is 18.4 Å². The summed E-state index contributed by atoms with van der Waals surface area (Å²) in [5, 5.41) is 0. The largest absolute Gasteiger partial charge is 0.490 e. The van der Waals surface area contributed by atoms with E-state index in [1.165, 1.54) is 11.9 Å². The van der Waals surface area contributed by atoms with Gasteiger partial charge in [-0.3, -0.25) is 4.90 Å². The molecule has 0 unspecified atom stereocenters. The minimum atomic E-state index is -4.23. The molecule has 1 fully saturated rings. The lowest BCUT2D eigenvalue weighted by atomic mass is 9.99. The van der Waals surface area contributed by atoms with Crippen LogP contribution in [-0.4, -0.2) is 62.1 Å². The number of hydrogen-bond acceptors (Lipinski definition) is 3. The van der Waals surface area contributed by atoms with Gasteiger partial charge in [0.15, 0.2) is 0 Å². The zero-order valence-corrected chi connectivity index (χ0v) is 14.5. The maximum Gasteiger partial charge on any atom is 0.404 e. The number of rotatable bonds is 4. The van der Waals surface area contributed by atoms with Crippen molar-refractivity contribution in [1.29, 1.82) is 0 Å². The van der Waals surface area contributed by atoms with E-state index < -0.39 is 18.3 Å². The van der Waals surface area contributed by atoms with Gasteiger partial charge in [-0.25, -0.2) is 4.99 Å². The minimum absolute atomic E-state index is 0.0510. The maximum absolute atomic E-state index is 13.1. The van der Waals surface area contributed by atoms with Crippen LogP contribution in [0.15, 0.2) is 23.2 Å². The summed E-state index contributed by atoms with van der Waals surface area (Å²) in [6.07, 6.45) is -2.47. The first-order chi connectivity index (χ1) is 11.2. The molecule has 0 aromatic heterocycles. The monoisotopic (exact) mass is 343 g/mol. The SMILES string of the molecule is Cc1c(N=CN(C)C)cccc1O[C@H]1CCN(C)[C@@H](C(F)(F)F)C1. The Kier molecular flexibility index (Phi) is 5.74. The average molecular weight is 343 g/mol. The van der Waals surface area contributed by atoms with E-state index in [0.717, 1.165) is 11.3 Å². The summed E-state index contributed by atoms with van der Waals surface area (Å²) in [4.78, 5) is 7.53. The first kappa shape index (κ1) is 18.6. The van der Waals surface area contributed by atoms with Gasteiger partial charge >= 0.3 is 6.18 Å². The molecule has 1 aromatic carbocycles. The van der Waals surface area contributed by atoms with Crippen LogP contribution in [0, 0.1) is 6.92 Å². The van der Waals surface area contributed by atoms with Gasteiger partial charge < -0.3 is 9.64 Å². The molecule has 0 aliphatic carbocycles. The van der Waals surface area contributed by atoms with Crippen LogP contribution in [0.2, 0.25) is 0 Å². The van der Waals surface area contributed by atoms with Gasteiger partial charge in [-0.05, 0) is 32.5 Å². The fourth-order valence-corrected chi connectivity index (χ4v) is 2.77. The van der Waals surface area contributed by atoms with Crippen molar-refractivity contribution in [3.05, 3.63) is 23.8 Å². The normalized spacial score (nSPS) is 22.8. The Morgan fingerprint density at radius 3 is 2.67 bits per heavy atom. The highest BCUT2D eigenvalue weighted by Gasteiger charge is 2.46. The Labute approximate surface area is 140 Å². The van der Waals surface area contributed by atoms with Crippen molar-refractivity contribution in [3.63, 3.8) is 0 Å². The maximum atomic E-state index is 13.1. The smallest absolute Gasteiger partial charge is 0.404 e. The van der Waals surface area contributed by atoms with Crippen molar-refractivity contribution in [1.82, 2.24) is 9.80 Å². The summed E-state index contributed by atoms with van der Waals surface area (Å²) in [6, 6.07) is 3.99. The molecule has 2 atom stereocenters.